The molecule has 3 heteroatoms. The summed E-state index contributed by atoms with van der Waals surface area (Å²) in [6, 6.07) is 70.4. The van der Waals surface area contributed by atoms with Crippen molar-refractivity contribution in [3.05, 3.63) is 288 Å². The highest BCUT2D eigenvalue weighted by atomic mass is 16.3. The minimum atomic E-state index is -0.368. The molecule has 0 fully saturated rings. The van der Waals surface area contributed by atoms with Crippen molar-refractivity contribution in [3.63, 3.8) is 0 Å². The Morgan fingerprint density at radius 1 is 0.539 bits per heavy atom. The predicted molar refractivity (Wildman–Crippen MR) is 318 cm³/mol. The molecule has 0 amide bonds. The molecule has 5 aliphatic carbocycles. The molecule has 2 heterocycles. The predicted octanol–water partition coefficient (Wildman–Crippen LogP) is 19.4. The molecule has 2 aromatic heterocycles. The van der Waals surface area contributed by atoms with Gasteiger partial charge in [-0.25, -0.2) is 0 Å². The van der Waals surface area contributed by atoms with E-state index in [4.69, 9.17) is 4.42 Å². The molecule has 8 aromatic carbocycles. The molecular formula is C73H56N2O. The van der Waals surface area contributed by atoms with Gasteiger partial charge in [0.05, 0.1) is 22.1 Å². The minimum absolute atomic E-state index is 0.242. The SMILES string of the molecule is C1=CCCC(n2c3ccccc3c3cc(-c4cccc(-c5cccc(N(c6ccc7c(c6)C(c6ccccc6)(C6C=CC=CC6)C6=C7CCC=C6)c6cccc7oc8c(c67)CCC=C8c6ccccc6)c5)c4)ccc32)=C1. The summed E-state index contributed by atoms with van der Waals surface area (Å²) in [6.07, 6.45) is 30.3. The zero-order valence-corrected chi connectivity index (χ0v) is 42.5. The van der Waals surface area contributed by atoms with Crippen LogP contribution in [0.5, 0.6) is 0 Å². The largest absolute Gasteiger partial charge is 0.456 e. The van der Waals surface area contributed by atoms with Crippen LogP contribution in [0.3, 0.4) is 0 Å². The lowest BCUT2D eigenvalue weighted by atomic mass is 9.61. The lowest BCUT2D eigenvalue weighted by molar-refractivity contribution is 0.453. The number of fused-ring (bicyclic) bond motifs is 8. The summed E-state index contributed by atoms with van der Waals surface area (Å²) in [7, 11) is 0. The molecule has 10 aromatic rings. The number of benzene rings is 8. The first kappa shape index (κ1) is 44.6. The van der Waals surface area contributed by atoms with E-state index < -0.39 is 0 Å². The van der Waals surface area contributed by atoms with Gasteiger partial charge in [0.2, 0.25) is 0 Å². The number of hydrogen-bond acceptors (Lipinski definition) is 2. The third-order valence-corrected chi connectivity index (χ3v) is 17.1. The Balaban J connectivity index is 0.908. The van der Waals surface area contributed by atoms with E-state index in [1.165, 1.54) is 94.1 Å². The van der Waals surface area contributed by atoms with E-state index in [1.807, 2.05) is 0 Å². The summed E-state index contributed by atoms with van der Waals surface area (Å²) < 4.78 is 9.50. The van der Waals surface area contributed by atoms with Crippen molar-refractivity contribution in [2.75, 3.05) is 4.90 Å². The van der Waals surface area contributed by atoms with Gasteiger partial charge in [0.1, 0.15) is 11.3 Å². The van der Waals surface area contributed by atoms with Crippen LogP contribution in [0.4, 0.5) is 17.1 Å². The van der Waals surface area contributed by atoms with Gasteiger partial charge in [-0.15, -0.1) is 0 Å². The van der Waals surface area contributed by atoms with Gasteiger partial charge in [-0.2, -0.15) is 0 Å². The summed E-state index contributed by atoms with van der Waals surface area (Å²) in [6.45, 7) is 0. The van der Waals surface area contributed by atoms with Gasteiger partial charge in [-0.3, -0.25) is 0 Å². The van der Waals surface area contributed by atoms with Crippen molar-refractivity contribution in [1.29, 1.82) is 0 Å². The molecule has 0 spiro atoms. The van der Waals surface area contributed by atoms with Crippen LogP contribution in [0, 0.1) is 5.92 Å². The molecular weight excluding hydrogens is 921 g/mol. The highest BCUT2D eigenvalue weighted by Gasteiger charge is 2.50. The molecule has 0 saturated carbocycles. The average molecular weight is 977 g/mol. The standard InChI is InChI=1S/C73H56N2O/c1-5-21-49(22-6-1)59-35-19-36-63-71-69(39-20-40-70(71)76-72(59)63)74(58-42-43-61-60-33-13-15-37-65(60)73(66(61)48-58,54-26-7-2-8-27-54)55-28-9-3-10-29-55)57-32-18-25-52(46-57)50-23-17-24-51(45-50)53-41-44-68-64(47-53)62-34-14-16-38-67(62)75(68)56-30-11-4-12-31-56/h1-11,14-18,20-28,30,32,34-35,37-48,55H,12-13,19,29,31,33,36H2. The second-order valence-electron chi connectivity index (χ2n) is 21.2. The molecule has 2 unspecified atom stereocenters. The zero-order chi connectivity index (χ0) is 50.2. The summed E-state index contributed by atoms with van der Waals surface area (Å²) in [5, 5.41) is 3.74. The van der Waals surface area contributed by atoms with Gasteiger partial charge in [-0.1, -0.05) is 182 Å². The Morgan fingerprint density at radius 3 is 2.13 bits per heavy atom. The van der Waals surface area contributed by atoms with Crippen molar-refractivity contribution in [2.45, 2.75) is 50.4 Å². The minimum Gasteiger partial charge on any atom is -0.456 e. The van der Waals surface area contributed by atoms with Crippen LogP contribution in [0.25, 0.3) is 71.9 Å². The van der Waals surface area contributed by atoms with Crippen LogP contribution in [-0.2, 0) is 11.8 Å². The molecule has 364 valence electrons. The van der Waals surface area contributed by atoms with Crippen LogP contribution in [0.2, 0.25) is 0 Å². The van der Waals surface area contributed by atoms with Gasteiger partial charge in [0, 0.05) is 44.4 Å². The van der Waals surface area contributed by atoms with Crippen molar-refractivity contribution >= 4 is 66.7 Å². The van der Waals surface area contributed by atoms with Crippen LogP contribution < -0.4 is 4.90 Å². The number of para-hydroxylation sites is 1. The molecule has 15 rings (SSSR count). The van der Waals surface area contributed by atoms with Gasteiger partial charge >= 0.3 is 0 Å². The van der Waals surface area contributed by atoms with Crippen LogP contribution in [0.15, 0.2) is 259 Å². The zero-order valence-electron chi connectivity index (χ0n) is 42.5. The highest BCUT2D eigenvalue weighted by molar-refractivity contribution is 6.11. The molecule has 0 radical (unpaired) electrons. The normalized spacial score (nSPS) is 18.5. The fourth-order valence-electron chi connectivity index (χ4n) is 13.8. The van der Waals surface area contributed by atoms with E-state index in [0.29, 0.717) is 0 Å². The van der Waals surface area contributed by atoms with Gasteiger partial charge in [0.15, 0.2) is 0 Å². The van der Waals surface area contributed by atoms with Gasteiger partial charge < -0.3 is 13.9 Å². The van der Waals surface area contributed by atoms with Gasteiger partial charge in [-0.05, 0) is 173 Å². The lowest BCUT2D eigenvalue weighted by Gasteiger charge is -2.41. The number of rotatable bonds is 9. The number of furan rings is 1. The maximum absolute atomic E-state index is 7.03. The Morgan fingerprint density at radius 2 is 1.29 bits per heavy atom. The Bertz CT molecular complexity index is 4200. The number of aryl methyl sites for hydroxylation is 1. The van der Waals surface area contributed by atoms with E-state index in [-0.39, 0.29) is 11.3 Å². The van der Waals surface area contributed by atoms with E-state index in [0.717, 1.165) is 78.9 Å². The van der Waals surface area contributed by atoms with E-state index in [2.05, 4.69) is 258 Å². The molecule has 0 bridgehead atoms. The number of hydrogen-bond donors (Lipinski definition) is 0. The van der Waals surface area contributed by atoms with Crippen molar-refractivity contribution in [3.8, 4) is 22.3 Å². The molecule has 0 saturated heterocycles. The molecule has 76 heavy (non-hydrogen) atoms. The summed E-state index contributed by atoms with van der Waals surface area (Å²) in [5.41, 5.74) is 23.2. The molecule has 3 nitrogen and oxygen atoms in total. The number of anilines is 3. The third-order valence-electron chi connectivity index (χ3n) is 17.1. The van der Waals surface area contributed by atoms with E-state index in [9.17, 15) is 0 Å². The number of aromatic nitrogens is 1. The molecule has 2 atom stereocenters. The first-order valence-electron chi connectivity index (χ1n) is 27.4. The fraction of sp³-hybridized carbons (Fsp3) is 0.123. The van der Waals surface area contributed by atoms with Crippen molar-refractivity contribution in [2.24, 2.45) is 5.92 Å². The third kappa shape index (κ3) is 7.02. The average Bonchev–Trinajstić information content (AvgIpc) is 4.16. The fourth-order valence-corrected chi connectivity index (χ4v) is 13.8. The van der Waals surface area contributed by atoms with E-state index >= 15 is 0 Å². The quantitative estimate of drug-likeness (QED) is 0.144. The molecule has 0 aliphatic heterocycles. The van der Waals surface area contributed by atoms with Crippen molar-refractivity contribution < 1.29 is 4.42 Å². The Hall–Kier alpha value is -8.92. The second kappa shape index (κ2) is 18.2. The lowest BCUT2D eigenvalue weighted by Crippen LogP contribution is -2.36. The Kier molecular flexibility index (Phi) is 10.7. The maximum atomic E-state index is 7.03. The smallest absolute Gasteiger partial charge is 0.138 e. The van der Waals surface area contributed by atoms with Crippen molar-refractivity contribution in [1.82, 2.24) is 4.57 Å². The summed E-state index contributed by atoms with van der Waals surface area (Å²) in [5.74, 6) is 1.22. The van der Waals surface area contributed by atoms with Crippen LogP contribution in [0.1, 0.15) is 72.1 Å². The van der Waals surface area contributed by atoms with Gasteiger partial charge in [0.25, 0.3) is 0 Å². The topological polar surface area (TPSA) is 21.3 Å². The summed E-state index contributed by atoms with van der Waals surface area (Å²) >= 11 is 0. The number of nitrogens with zero attached hydrogens (tertiary/aromatic N) is 2. The first-order chi connectivity index (χ1) is 37.7. The van der Waals surface area contributed by atoms with Crippen LogP contribution in [-0.4, -0.2) is 4.57 Å². The summed E-state index contributed by atoms with van der Waals surface area (Å²) in [4.78, 5) is 2.53. The van der Waals surface area contributed by atoms with Crippen LogP contribution >= 0.6 is 0 Å². The number of allylic oxidation sites excluding steroid dienone is 13. The Labute approximate surface area is 444 Å². The second-order valence-corrected chi connectivity index (χ2v) is 21.2. The first-order valence-corrected chi connectivity index (χ1v) is 27.4. The van der Waals surface area contributed by atoms with E-state index in [1.54, 1.807) is 0 Å². The molecule has 0 N–H and O–H groups in total. The highest BCUT2D eigenvalue weighted by Crippen LogP contribution is 2.60. The monoisotopic (exact) mass is 976 g/mol. The maximum Gasteiger partial charge on any atom is 0.138 e. The molecule has 5 aliphatic rings.